The van der Waals surface area contributed by atoms with Gasteiger partial charge in [-0.3, -0.25) is 5.43 Å². The first-order chi connectivity index (χ1) is 8.19. The first kappa shape index (κ1) is 12.1. The lowest BCUT2D eigenvalue weighted by Crippen LogP contribution is -2.10. The van der Waals surface area contributed by atoms with Crippen molar-refractivity contribution in [3.8, 4) is 0 Å². The molecule has 0 bridgehead atoms. The van der Waals surface area contributed by atoms with E-state index in [0.29, 0.717) is 16.8 Å². The summed E-state index contributed by atoms with van der Waals surface area (Å²) in [7, 11) is 0. The Morgan fingerprint density at radius 3 is 2.82 bits per heavy atom. The van der Waals surface area contributed by atoms with E-state index < -0.39 is 0 Å². The molecular weight excluding hydrogens is 306 g/mol. The van der Waals surface area contributed by atoms with Gasteiger partial charge in [-0.25, -0.2) is 10.8 Å². The lowest BCUT2D eigenvalue weighted by Gasteiger charge is -2.07. The van der Waals surface area contributed by atoms with E-state index in [1.54, 1.807) is 18.3 Å². The molecule has 0 saturated carbocycles. The molecule has 1 aromatic heterocycles. The largest absolute Gasteiger partial charge is 0.340 e. The topological polar surface area (TPSA) is 75.9 Å². The Labute approximate surface area is 112 Å². The van der Waals surface area contributed by atoms with Crippen molar-refractivity contribution >= 4 is 45.0 Å². The van der Waals surface area contributed by atoms with Crippen LogP contribution in [0.2, 0.25) is 5.02 Å². The number of hydrogen-bond acceptors (Lipinski definition) is 5. The maximum Gasteiger partial charge on any atom is 0.239 e. The lowest BCUT2D eigenvalue weighted by atomic mass is 10.3. The van der Waals surface area contributed by atoms with Gasteiger partial charge in [0.15, 0.2) is 0 Å². The van der Waals surface area contributed by atoms with Crippen molar-refractivity contribution in [3.63, 3.8) is 0 Å². The number of rotatable bonds is 3. The first-order valence-corrected chi connectivity index (χ1v) is 5.88. The quantitative estimate of drug-likeness (QED) is 0.600. The van der Waals surface area contributed by atoms with E-state index in [-0.39, 0.29) is 0 Å². The monoisotopic (exact) mass is 313 g/mol. The number of aromatic nitrogens is 2. The van der Waals surface area contributed by atoms with Gasteiger partial charge in [0, 0.05) is 16.4 Å². The van der Waals surface area contributed by atoms with Crippen molar-refractivity contribution < 1.29 is 0 Å². The minimum Gasteiger partial charge on any atom is -0.340 e. The molecule has 0 fully saturated rings. The van der Waals surface area contributed by atoms with Crippen LogP contribution in [0.3, 0.4) is 0 Å². The number of hydrogen-bond donors (Lipinski definition) is 3. The van der Waals surface area contributed by atoms with Crippen LogP contribution in [0.4, 0.5) is 17.5 Å². The fourth-order valence-electron chi connectivity index (χ4n) is 1.22. The van der Waals surface area contributed by atoms with E-state index in [1.807, 2.05) is 12.1 Å². The van der Waals surface area contributed by atoms with Crippen molar-refractivity contribution in [1.82, 2.24) is 9.97 Å². The molecule has 0 aliphatic carbocycles. The Bertz CT molecular complexity index is 534. The Hall–Kier alpha value is -1.37. The number of hydrazine groups is 1. The predicted molar refractivity (Wildman–Crippen MR) is 72.3 cm³/mol. The molecule has 7 heteroatoms. The number of nitrogens with one attached hydrogen (secondary N) is 2. The van der Waals surface area contributed by atoms with Gasteiger partial charge in [0.2, 0.25) is 5.95 Å². The predicted octanol–water partition coefficient (Wildman–Crippen LogP) is 2.92. The number of anilines is 3. The third kappa shape index (κ3) is 3.06. The standard InChI is InChI=1S/C10H9BrClN5/c11-7-2-1-6(5-8(7)12)15-9-3-4-14-10(16-9)17-13/h1-5H,13H2,(H2,14,15,16,17). The summed E-state index contributed by atoms with van der Waals surface area (Å²) in [5.74, 6) is 6.20. The molecule has 0 radical (unpaired) electrons. The van der Waals surface area contributed by atoms with Crippen LogP contribution in [0.1, 0.15) is 0 Å². The zero-order valence-electron chi connectivity index (χ0n) is 8.61. The van der Waals surface area contributed by atoms with Gasteiger partial charge in [-0.1, -0.05) is 11.6 Å². The highest BCUT2D eigenvalue weighted by Crippen LogP contribution is 2.26. The molecule has 0 aliphatic heterocycles. The van der Waals surface area contributed by atoms with Crippen molar-refractivity contribution in [1.29, 1.82) is 0 Å². The molecule has 88 valence electrons. The second-order valence-electron chi connectivity index (χ2n) is 3.16. The molecule has 17 heavy (non-hydrogen) atoms. The minimum atomic E-state index is 0.346. The second-order valence-corrected chi connectivity index (χ2v) is 4.43. The van der Waals surface area contributed by atoms with E-state index in [4.69, 9.17) is 17.4 Å². The fourth-order valence-corrected chi connectivity index (χ4v) is 1.65. The maximum absolute atomic E-state index is 5.99. The van der Waals surface area contributed by atoms with Gasteiger partial charge in [-0.15, -0.1) is 0 Å². The van der Waals surface area contributed by atoms with Crippen molar-refractivity contribution in [2.75, 3.05) is 10.7 Å². The summed E-state index contributed by atoms with van der Waals surface area (Å²) in [6.45, 7) is 0. The SMILES string of the molecule is NNc1nccc(Nc2ccc(Br)c(Cl)c2)n1. The van der Waals surface area contributed by atoms with Crippen LogP contribution in [0.25, 0.3) is 0 Å². The van der Waals surface area contributed by atoms with Crippen LogP contribution in [0, 0.1) is 0 Å². The molecule has 0 aliphatic rings. The zero-order chi connectivity index (χ0) is 12.3. The Morgan fingerprint density at radius 2 is 2.12 bits per heavy atom. The third-order valence-corrected chi connectivity index (χ3v) is 3.21. The molecule has 0 atom stereocenters. The normalized spacial score (nSPS) is 10.1. The number of nitrogens with zero attached hydrogens (tertiary/aromatic N) is 2. The number of nitrogen functional groups attached to an aromatic ring is 1. The molecule has 1 aromatic carbocycles. The van der Waals surface area contributed by atoms with Gasteiger partial charge < -0.3 is 5.32 Å². The molecule has 4 N–H and O–H groups in total. The summed E-state index contributed by atoms with van der Waals surface area (Å²) in [6.07, 6.45) is 1.60. The zero-order valence-corrected chi connectivity index (χ0v) is 11.0. The second kappa shape index (κ2) is 5.31. The number of nitrogens with two attached hydrogens (primary N) is 1. The summed E-state index contributed by atoms with van der Waals surface area (Å²) >= 11 is 9.31. The van der Waals surface area contributed by atoms with Crippen LogP contribution in [0.5, 0.6) is 0 Å². The fraction of sp³-hybridized carbons (Fsp3) is 0. The van der Waals surface area contributed by atoms with Crippen molar-refractivity contribution in [2.45, 2.75) is 0 Å². The maximum atomic E-state index is 5.99. The molecule has 1 heterocycles. The summed E-state index contributed by atoms with van der Waals surface area (Å²) in [6, 6.07) is 7.27. The van der Waals surface area contributed by atoms with Gasteiger partial charge in [0.25, 0.3) is 0 Å². The highest BCUT2D eigenvalue weighted by atomic mass is 79.9. The molecule has 5 nitrogen and oxygen atoms in total. The summed E-state index contributed by atoms with van der Waals surface area (Å²) in [4.78, 5) is 8.04. The molecular formula is C10H9BrClN5. The van der Waals surface area contributed by atoms with Crippen molar-refractivity contribution in [2.24, 2.45) is 5.84 Å². The number of benzene rings is 1. The van der Waals surface area contributed by atoms with E-state index in [0.717, 1.165) is 10.2 Å². The molecule has 0 spiro atoms. The summed E-state index contributed by atoms with van der Waals surface area (Å²) in [5.41, 5.74) is 3.21. The molecule has 2 aromatic rings. The van der Waals surface area contributed by atoms with E-state index >= 15 is 0 Å². The van der Waals surface area contributed by atoms with E-state index in [9.17, 15) is 0 Å². The average Bonchev–Trinajstić information content (AvgIpc) is 2.34. The molecule has 0 amide bonds. The van der Waals surface area contributed by atoms with Gasteiger partial charge in [-0.2, -0.15) is 4.98 Å². The average molecular weight is 315 g/mol. The Balaban J connectivity index is 2.22. The number of halogens is 2. The van der Waals surface area contributed by atoms with Crippen molar-refractivity contribution in [3.05, 3.63) is 40.0 Å². The van der Waals surface area contributed by atoms with Crippen LogP contribution in [-0.2, 0) is 0 Å². The Kier molecular flexibility index (Phi) is 3.78. The van der Waals surface area contributed by atoms with Gasteiger partial charge in [0.05, 0.1) is 5.02 Å². The van der Waals surface area contributed by atoms with E-state index in [1.165, 1.54) is 0 Å². The first-order valence-electron chi connectivity index (χ1n) is 4.71. The summed E-state index contributed by atoms with van der Waals surface area (Å²) < 4.78 is 0.844. The van der Waals surface area contributed by atoms with Crippen LogP contribution in [-0.4, -0.2) is 9.97 Å². The van der Waals surface area contributed by atoms with Gasteiger partial charge in [0.1, 0.15) is 5.82 Å². The van der Waals surface area contributed by atoms with Crippen LogP contribution >= 0.6 is 27.5 Å². The minimum absolute atomic E-state index is 0.346. The highest BCUT2D eigenvalue weighted by molar-refractivity contribution is 9.10. The smallest absolute Gasteiger partial charge is 0.239 e. The van der Waals surface area contributed by atoms with Gasteiger partial charge in [-0.05, 0) is 40.2 Å². The molecule has 0 unspecified atom stereocenters. The third-order valence-electron chi connectivity index (χ3n) is 1.98. The summed E-state index contributed by atoms with van der Waals surface area (Å²) in [5, 5.41) is 3.72. The highest BCUT2D eigenvalue weighted by Gasteiger charge is 2.01. The molecule has 0 saturated heterocycles. The Morgan fingerprint density at radius 1 is 1.29 bits per heavy atom. The van der Waals surface area contributed by atoms with Gasteiger partial charge >= 0.3 is 0 Å². The lowest BCUT2D eigenvalue weighted by molar-refractivity contribution is 1.12. The van der Waals surface area contributed by atoms with Crippen LogP contribution < -0.4 is 16.6 Å². The van der Waals surface area contributed by atoms with E-state index in [2.05, 4.69) is 36.6 Å². The van der Waals surface area contributed by atoms with Crippen LogP contribution in [0.15, 0.2) is 34.9 Å². The molecule has 2 rings (SSSR count).